The Bertz CT molecular complexity index is 120. The molecule has 10 heavy (non-hydrogen) atoms. The highest BCUT2D eigenvalue weighted by Crippen LogP contribution is 2.10. The second kappa shape index (κ2) is 4.29. The highest BCUT2D eigenvalue weighted by Gasteiger charge is 2.10. The molecule has 0 saturated carbocycles. The first kappa shape index (κ1) is 7.56. The van der Waals surface area contributed by atoms with Crippen molar-refractivity contribution in [3.63, 3.8) is 0 Å². The van der Waals surface area contributed by atoms with Gasteiger partial charge in [0.05, 0.1) is 6.07 Å². The van der Waals surface area contributed by atoms with Crippen molar-refractivity contribution >= 4 is 0 Å². The minimum absolute atomic E-state index is 0.633. The summed E-state index contributed by atoms with van der Waals surface area (Å²) in [6.45, 7) is 1.15. The molecule has 0 aromatic carbocycles. The molecular weight excluding hydrogens is 124 g/mol. The third-order valence-electron chi connectivity index (χ3n) is 2.02. The zero-order valence-electron chi connectivity index (χ0n) is 6.27. The lowest BCUT2D eigenvalue weighted by Crippen LogP contribution is -2.33. The number of nitrogens with zero attached hydrogens (tertiary/aromatic N) is 1. The molecular formula is C8H14N2. The molecule has 1 saturated heterocycles. The minimum atomic E-state index is 0.633. The van der Waals surface area contributed by atoms with Gasteiger partial charge in [0, 0.05) is 12.5 Å². The first-order chi connectivity index (χ1) is 4.93. The van der Waals surface area contributed by atoms with E-state index >= 15 is 0 Å². The van der Waals surface area contributed by atoms with Gasteiger partial charge in [-0.15, -0.1) is 0 Å². The van der Waals surface area contributed by atoms with Crippen LogP contribution in [0, 0.1) is 11.3 Å². The van der Waals surface area contributed by atoms with Crippen LogP contribution in [0.2, 0.25) is 0 Å². The number of nitriles is 1. The highest BCUT2D eigenvalue weighted by atomic mass is 14.9. The molecule has 1 atom stereocenters. The molecule has 1 rings (SSSR count). The van der Waals surface area contributed by atoms with Crippen LogP contribution < -0.4 is 5.32 Å². The summed E-state index contributed by atoms with van der Waals surface area (Å²) >= 11 is 0. The van der Waals surface area contributed by atoms with Crippen LogP contribution >= 0.6 is 0 Å². The van der Waals surface area contributed by atoms with Crippen LogP contribution in [0.4, 0.5) is 0 Å². The Morgan fingerprint density at radius 1 is 1.50 bits per heavy atom. The number of hydrogen-bond acceptors (Lipinski definition) is 2. The van der Waals surface area contributed by atoms with Crippen molar-refractivity contribution < 1.29 is 0 Å². The largest absolute Gasteiger partial charge is 0.314 e. The van der Waals surface area contributed by atoms with Gasteiger partial charge in [0.1, 0.15) is 0 Å². The lowest BCUT2D eigenvalue weighted by molar-refractivity contribution is 0.385. The van der Waals surface area contributed by atoms with Crippen LogP contribution in [0.3, 0.4) is 0 Å². The summed E-state index contributed by atoms with van der Waals surface area (Å²) in [6.07, 6.45) is 5.65. The maximum atomic E-state index is 8.32. The lowest BCUT2D eigenvalue weighted by Gasteiger charge is -2.22. The number of hydrogen-bond donors (Lipinski definition) is 1. The number of piperidine rings is 1. The Hall–Kier alpha value is -0.550. The first-order valence-electron chi connectivity index (χ1n) is 4.04. The van der Waals surface area contributed by atoms with Crippen molar-refractivity contribution in [2.24, 2.45) is 0 Å². The fraction of sp³-hybridized carbons (Fsp3) is 0.875. The van der Waals surface area contributed by atoms with E-state index < -0.39 is 0 Å². The fourth-order valence-electron chi connectivity index (χ4n) is 1.41. The van der Waals surface area contributed by atoms with E-state index in [0.717, 1.165) is 13.0 Å². The van der Waals surface area contributed by atoms with Crippen LogP contribution in [0.15, 0.2) is 0 Å². The average Bonchev–Trinajstić information content (AvgIpc) is 2.03. The van der Waals surface area contributed by atoms with Crippen molar-refractivity contribution in [2.75, 3.05) is 6.54 Å². The topological polar surface area (TPSA) is 35.8 Å². The van der Waals surface area contributed by atoms with Gasteiger partial charge in [0.15, 0.2) is 0 Å². The van der Waals surface area contributed by atoms with E-state index in [-0.39, 0.29) is 0 Å². The molecule has 1 aliphatic heterocycles. The maximum absolute atomic E-state index is 8.32. The normalized spacial score (nSPS) is 25.7. The third-order valence-corrected chi connectivity index (χ3v) is 2.02. The molecule has 0 aromatic heterocycles. The molecule has 0 aliphatic carbocycles. The molecule has 0 aromatic rings. The molecule has 1 heterocycles. The van der Waals surface area contributed by atoms with Crippen LogP contribution in [0.5, 0.6) is 0 Å². The van der Waals surface area contributed by atoms with Crippen molar-refractivity contribution in [1.82, 2.24) is 5.32 Å². The molecule has 2 nitrogen and oxygen atoms in total. The monoisotopic (exact) mass is 138 g/mol. The molecule has 1 N–H and O–H groups in total. The molecule has 1 unspecified atom stereocenters. The van der Waals surface area contributed by atoms with E-state index in [4.69, 9.17) is 5.26 Å². The van der Waals surface area contributed by atoms with Crippen LogP contribution in [0.1, 0.15) is 32.1 Å². The molecule has 2 heteroatoms. The summed E-state index contributed by atoms with van der Waals surface area (Å²) in [5, 5.41) is 11.7. The van der Waals surface area contributed by atoms with Crippen molar-refractivity contribution in [1.29, 1.82) is 5.26 Å². The van der Waals surface area contributed by atoms with Gasteiger partial charge in [-0.3, -0.25) is 0 Å². The molecule has 0 bridgehead atoms. The van der Waals surface area contributed by atoms with E-state index in [1.54, 1.807) is 0 Å². The van der Waals surface area contributed by atoms with Gasteiger partial charge in [0.25, 0.3) is 0 Å². The Labute approximate surface area is 62.2 Å². The van der Waals surface area contributed by atoms with Gasteiger partial charge < -0.3 is 5.32 Å². The zero-order chi connectivity index (χ0) is 7.23. The maximum Gasteiger partial charge on any atom is 0.0622 e. The van der Waals surface area contributed by atoms with Crippen molar-refractivity contribution in [2.45, 2.75) is 38.1 Å². The zero-order valence-corrected chi connectivity index (χ0v) is 6.27. The Balaban J connectivity index is 2.09. The lowest BCUT2D eigenvalue weighted by atomic mass is 10.0. The minimum Gasteiger partial charge on any atom is -0.314 e. The summed E-state index contributed by atoms with van der Waals surface area (Å²) in [7, 11) is 0. The van der Waals surface area contributed by atoms with Crippen LogP contribution in [0.25, 0.3) is 0 Å². The molecule has 0 amide bonds. The molecule has 0 radical (unpaired) electrons. The quantitative estimate of drug-likeness (QED) is 0.626. The summed E-state index contributed by atoms with van der Waals surface area (Å²) < 4.78 is 0. The van der Waals surface area contributed by atoms with Gasteiger partial charge in [-0.2, -0.15) is 5.26 Å². The highest BCUT2D eigenvalue weighted by molar-refractivity contribution is 4.78. The van der Waals surface area contributed by atoms with Gasteiger partial charge >= 0.3 is 0 Å². The average molecular weight is 138 g/mol. The van der Waals surface area contributed by atoms with Gasteiger partial charge in [-0.1, -0.05) is 6.42 Å². The van der Waals surface area contributed by atoms with E-state index in [1.807, 2.05) is 0 Å². The molecule has 1 aliphatic rings. The standard InChI is InChI=1S/C8H14N2/c9-6-3-5-8-4-1-2-7-10-8/h8,10H,1-5,7H2. The Morgan fingerprint density at radius 2 is 2.40 bits per heavy atom. The SMILES string of the molecule is N#CCCC1CCCCN1. The van der Waals surface area contributed by atoms with Crippen LogP contribution in [-0.2, 0) is 0 Å². The first-order valence-corrected chi connectivity index (χ1v) is 4.04. The van der Waals surface area contributed by atoms with E-state index in [2.05, 4.69) is 11.4 Å². The third kappa shape index (κ3) is 2.36. The predicted molar refractivity (Wildman–Crippen MR) is 40.5 cm³/mol. The Kier molecular flexibility index (Phi) is 3.25. The van der Waals surface area contributed by atoms with Gasteiger partial charge in [-0.25, -0.2) is 0 Å². The van der Waals surface area contributed by atoms with Crippen molar-refractivity contribution in [3.05, 3.63) is 0 Å². The van der Waals surface area contributed by atoms with Crippen molar-refractivity contribution in [3.8, 4) is 6.07 Å². The van der Waals surface area contributed by atoms with E-state index in [9.17, 15) is 0 Å². The number of nitrogens with one attached hydrogen (secondary N) is 1. The van der Waals surface area contributed by atoms with Gasteiger partial charge in [0.2, 0.25) is 0 Å². The van der Waals surface area contributed by atoms with Crippen LogP contribution in [-0.4, -0.2) is 12.6 Å². The molecule has 1 fully saturated rings. The van der Waals surface area contributed by atoms with Gasteiger partial charge in [-0.05, 0) is 25.8 Å². The molecule has 56 valence electrons. The second-order valence-electron chi connectivity index (χ2n) is 2.84. The fourth-order valence-corrected chi connectivity index (χ4v) is 1.41. The predicted octanol–water partition coefficient (Wildman–Crippen LogP) is 1.43. The smallest absolute Gasteiger partial charge is 0.0622 e. The number of rotatable bonds is 2. The summed E-state index contributed by atoms with van der Waals surface area (Å²) in [6, 6.07) is 2.81. The second-order valence-corrected chi connectivity index (χ2v) is 2.84. The van der Waals surface area contributed by atoms with E-state index in [0.29, 0.717) is 12.5 Å². The Morgan fingerprint density at radius 3 is 3.00 bits per heavy atom. The van der Waals surface area contributed by atoms with E-state index in [1.165, 1.54) is 19.3 Å². The summed E-state index contributed by atoms with van der Waals surface area (Å²) in [4.78, 5) is 0. The molecule has 0 spiro atoms. The summed E-state index contributed by atoms with van der Waals surface area (Å²) in [5.74, 6) is 0. The summed E-state index contributed by atoms with van der Waals surface area (Å²) in [5.41, 5.74) is 0.